The maximum absolute atomic E-state index is 12.1. The summed E-state index contributed by atoms with van der Waals surface area (Å²) in [4.78, 5) is 21.0. The summed E-state index contributed by atoms with van der Waals surface area (Å²) >= 11 is 0. The van der Waals surface area contributed by atoms with Gasteiger partial charge in [0.15, 0.2) is 5.65 Å². The highest BCUT2D eigenvalue weighted by atomic mass is 16.5. The number of carbonyl (C=O) groups is 1. The molecule has 0 unspecified atom stereocenters. The maximum Gasteiger partial charge on any atom is 0.248 e. The van der Waals surface area contributed by atoms with E-state index < -0.39 is 0 Å². The van der Waals surface area contributed by atoms with E-state index in [2.05, 4.69) is 16.8 Å². The lowest BCUT2D eigenvalue weighted by atomic mass is 10.0. The lowest BCUT2D eigenvalue weighted by molar-refractivity contribution is -0.134. The molecule has 2 aromatic rings. The quantitative estimate of drug-likeness (QED) is 0.773. The molecular weight excluding hydrogens is 346 g/mol. The first-order valence-corrected chi connectivity index (χ1v) is 9.57. The number of carbonyl (C=O) groups excluding carboxylic acids is 1. The van der Waals surface area contributed by atoms with E-state index in [0.29, 0.717) is 6.54 Å². The lowest BCUT2D eigenvalue weighted by Gasteiger charge is -2.26. The van der Waals surface area contributed by atoms with Crippen molar-refractivity contribution >= 4 is 11.6 Å². The molecule has 0 saturated carbocycles. The Morgan fingerprint density at radius 1 is 1.33 bits per heavy atom. The van der Waals surface area contributed by atoms with Crippen molar-refractivity contribution in [2.45, 2.75) is 25.8 Å². The fraction of sp³-hybridized carbons (Fsp3) is 0.632. The van der Waals surface area contributed by atoms with Gasteiger partial charge in [-0.25, -0.2) is 9.50 Å². The van der Waals surface area contributed by atoms with Crippen LogP contribution in [0.25, 0.3) is 5.65 Å². The summed E-state index contributed by atoms with van der Waals surface area (Å²) in [7, 11) is 1.56. The topological polar surface area (TPSA) is 72.2 Å². The number of aryl methyl sites for hydroxylation is 1. The van der Waals surface area contributed by atoms with Gasteiger partial charge >= 0.3 is 0 Å². The van der Waals surface area contributed by atoms with Crippen molar-refractivity contribution in [2.24, 2.45) is 0 Å². The van der Waals surface area contributed by atoms with Crippen LogP contribution in [0.15, 0.2) is 12.3 Å². The van der Waals surface area contributed by atoms with E-state index >= 15 is 0 Å². The molecule has 2 fully saturated rings. The minimum atomic E-state index is 0.0509. The molecule has 2 aliphatic rings. The third-order valence-corrected chi connectivity index (χ3v) is 5.56. The van der Waals surface area contributed by atoms with Crippen molar-refractivity contribution in [1.82, 2.24) is 24.4 Å². The van der Waals surface area contributed by atoms with Crippen LogP contribution in [0.3, 0.4) is 0 Å². The molecule has 2 aliphatic heterocycles. The molecule has 27 heavy (non-hydrogen) atoms. The summed E-state index contributed by atoms with van der Waals surface area (Å²) in [6, 6.07) is 2.03. The number of ether oxygens (including phenoxy) is 2. The van der Waals surface area contributed by atoms with Crippen molar-refractivity contribution in [2.75, 3.05) is 53.1 Å². The van der Waals surface area contributed by atoms with Crippen LogP contribution >= 0.6 is 0 Å². The van der Waals surface area contributed by atoms with Gasteiger partial charge in [-0.2, -0.15) is 5.10 Å². The predicted molar refractivity (Wildman–Crippen MR) is 99.6 cm³/mol. The zero-order chi connectivity index (χ0) is 18.8. The first-order valence-electron chi connectivity index (χ1n) is 9.57. The summed E-state index contributed by atoms with van der Waals surface area (Å²) in [6.07, 6.45) is 2.81. The van der Waals surface area contributed by atoms with E-state index in [0.717, 1.165) is 62.8 Å². The molecule has 0 aromatic carbocycles. The minimum absolute atomic E-state index is 0.0509. The van der Waals surface area contributed by atoms with Gasteiger partial charge in [0.2, 0.25) is 5.91 Å². The lowest BCUT2D eigenvalue weighted by Crippen LogP contribution is -2.35. The zero-order valence-electron chi connectivity index (χ0n) is 16.1. The first kappa shape index (κ1) is 18.3. The summed E-state index contributed by atoms with van der Waals surface area (Å²) in [5, 5.41) is 4.80. The number of hydrogen-bond donors (Lipinski definition) is 0. The Hall–Kier alpha value is -2.03. The molecule has 0 spiro atoms. The van der Waals surface area contributed by atoms with Crippen LogP contribution in [0.4, 0.5) is 0 Å². The van der Waals surface area contributed by atoms with Crippen molar-refractivity contribution in [3.8, 4) is 0 Å². The van der Waals surface area contributed by atoms with Gasteiger partial charge in [0, 0.05) is 57.5 Å². The van der Waals surface area contributed by atoms with Crippen LogP contribution in [0, 0.1) is 6.92 Å². The number of aromatic nitrogens is 3. The van der Waals surface area contributed by atoms with Crippen molar-refractivity contribution in [3.63, 3.8) is 0 Å². The highest BCUT2D eigenvalue weighted by molar-refractivity contribution is 5.77. The van der Waals surface area contributed by atoms with Gasteiger partial charge in [0.1, 0.15) is 6.61 Å². The number of morpholine rings is 1. The second kappa shape index (κ2) is 7.92. The van der Waals surface area contributed by atoms with Gasteiger partial charge in [-0.3, -0.25) is 9.69 Å². The molecule has 0 aliphatic carbocycles. The summed E-state index contributed by atoms with van der Waals surface area (Å²) in [6.45, 7) is 7.95. The van der Waals surface area contributed by atoms with Gasteiger partial charge in [0.25, 0.3) is 0 Å². The molecule has 0 N–H and O–H groups in total. The third-order valence-electron chi connectivity index (χ3n) is 5.56. The fourth-order valence-corrected chi connectivity index (χ4v) is 4.03. The average molecular weight is 373 g/mol. The Morgan fingerprint density at radius 2 is 2.15 bits per heavy atom. The molecule has 1 amide bonds. The van der Waals surface area contributed by atoms with E-state index in [1.807, 2.05) is 21.7 Å². The Kier molecular flexibility index (Phi) is 5.38. The van der Waals surface area contributed by atoms with E-state index in [1.54, 1.807) is 7.11 Å². The Labute approximate surface area is 159 Å². The van der Waals surface area contributed by atoms with E-state index in [1.165, 1.54) is 5.56 Å². The average Bonchev–Trinajstić information content (AvgIpc) is 3.28. The van der Waals surface area contributed by atoms with Crippen LogP contribution in [0.5, 0.6) is 0 Å². The monoisotopic (exact) mass is 373 g/mol. The van der Waals surface area contributed by atoms with Gasteiger partial charge in [-0.1, -0.05) is 0 Å². The Morgan fingerprint density at radius 3 is 2.93 bits per heavy atom. The summed E-state index contributed by atoms with van der Waals surface area (Å²) < 4.78 is 12.4. The standard InChI is InChI=1S/C19H27N5O3/c1-14-16(12-22-7-9-27-10-8-22)19-20-5-3-17(24(19)21-14)15-4-6-23(11-15)18(25)13-26-2/h3,5,15H,4,6-13H2,1-2H3/t15-/m0/s1. The van der Waals surface area contributed by atoms with Gasteiger partial charge in [-0.05, 0) is 19.4 Å². The van der Waals surface area contributed by atoms with E-state index in [-0.39, 0.29) is 18.4 Å². The number of rotatable bonds is 5. The van der Waals surface area contributed by atoms with E-state index in [9.17, 15) is 4.79 Å². The molecule has 0 bridgehead atoms. The highest BCUT2D eigenvalue weighted by Gasteiger charge is 2.29. The van der Waals surface area contributed by atoms with E-state index in [4.69, 9.17) is 14.6 Å². The SMILES string of the molecule is COCC(=O)N1CC[C@H](c2ccnc3c(CN4CCOCC4)c(C)nn23)C1. The van der Waals surface area contributed by atoms with Crippen LogP contribution in [-0.2, 0) is 20.8 Å². The summed E-state index contributed by atoms with van der Waals surface area (Å²) in [5.41, 5.74) is 4.26. The van der Waals surface area contributed by atoms with Gasteiger partial charge in [0.05, 0.1) is 24.6 Å². The first-order chi connectivity index (χ1) is 13.2. The summed E-state index contributed by atoms with van der Waals surface area (Å²) in [5.74, 6) is 0.321. The molecule has 146 valence electrons. The zero-order valence-corrected chi connectivity index (χ0v) is 16.1. The number of fused-ring (bicyclic) bond motifs is 1. The van der Waals surface area contributed by atoms with Crippen molar-refractivity contribution in [1.29, 1.82) is 0 Å². The van der Waals surface area contributed by atoms with Crippen molar-refractivity contribution in [3.05, 3.63) is 29.2 Å². The molecule has 2 aromatic heterocycles. The van der Waals surface area contributed by atoms with Crippen LogP contribution in [0.1, 0.15) is 29.3 Å². The Balaban J connectivity index is 1.58. The maximum atomic E-state index is 12.1. The van der Waals surface area contributed by atoms with Gasteiger partial charge < -0.3 is 14.4 Å². The number of hydrogen-bond acceptors (Lipinski definition) is 6. The smallest absolute Gasteiger partial charge is 0.248 e. The van der Waals surface area contributed by atoms with Crippen LogP contribution < -0.4 is 0 Å². The number of nitrogens with zero attached hydrogens (tertiary/aromatic N) is 5. The minimum Gasteiger partial charge on any atom is -0.379 e. The van der Waals surface area contributed by atoms with Crippen molar-refractivity contribution < 1.29 is 14.3 Å². The molecule has 2 saturated heterocycles. The number of amides is 1. The number of likely N-dealkylation sites (tertiary alicyclic amines) is 1. The number of methoxy groups -OCH3 is 1. The highest BCUT2D eigenvalue weighted by Crippen LogP contribution is 2.28. The second-order valence-corrected chi connectivity index (χ2v) is 7.32. The fourth-order valence-electron chi connectivity index (χ4n) is 4.03. The van der Waals surface area contributed by atoms with Crippen LogP contribution in [0.2, 0.25) is 0 Å². The molecule has 4 rings (SSSR count). The molecule has 4 heterocycles. The van der Waals surface area contributed by atoms with Gasteiger partial charge in [-0.15, -0.1) is 0 Å². The molecule has 8 heteroatoms. The molecule has 0 radical (unpaired) electrons. The molecule has 8 nitrogen and oxygen atoms in total. The third kappa shape index (κ3) is 3.69. The Bertz CT molecular complexity index is 815. The molecular formula is C19H27N5O3. The largest absolute Gasteiger partial charge is 0.379 e. The normalized spacial score (nSPS) is 21.3. The second-order valence-electron chi connectivity index (χ2n) is 7.32. The predicted octanol–water partition coefficient (Wildman–Crippen LogP) is 0.832. The van der Waals surface area contributed by atoms with Crippen LogP contribution in [-0.4, -0.2) is 83.4 Å². The molecule has 1 atom stereocenters.